The SMILES string of the molecule is CC(=O)Cn1c(=O)c(C=CC(=O)c2c(O)cc(C)n(C)c2=O)cc2ccccc21. The minimum absolute atomic E-state index is 0.0890. The van der Waals surface area contributed by atoms with Gasteiger partial charge in [0.1, 0.15) is 17.1 Å². The van der Waals surface area contributed by atoms with Crippen molar-refractivity contribution >= 4 is 28.5 Å². The second kappa shape index (κ2) is 7.71. The Kier molecular flexibility index (Phi) is 5.32. The van der Waals surface area contributed by atoms with Crippen LogP contribution in [0.25, 0.3) is 17.0 Å². The van der Waals surface area contributed by atoms with Crippen molar-refractivity contribution in [1.82, 2.24) is 9.13 Å². The van der Waals surface area contributed by atoms with Crippen LogP contribution in [0.15, 0.2) is 52.1 Å². The number of aromatic nitrogens is 2. The van der Waals surface area contributed by atoms with E-state index in [9.17, 15) is 24.3 Å². The number of nitrogens with zero attached hydrogens (tertiary/aromatic N) is 2. The van der Waals surface area contributed by atoms with Crippen molar-refractivity contribution < 1.29 is 14.7 Å². The maximum absolute atomic E-state index is 12.8. The summed E-state index contributed by atoms with van der Waals surface area (Å²) in [5, 5.41) is 10.8. The summed E-state index contributed by atoms with van der Waals surface area (Å²) in [5.74, 6) is -1.30. The molecule has 0 unspecified atom stereocenters. The first-order chi connectivity index (χ1) is 13.7. The number of carbonyl (C=O) groups excluding carboxylic acids is 2. The van der Waals surface area contributed by atoms with E-state index in [1.807, 2.05) is 0 Å². The quantitative estimate of drug-likeness (QED) is 0.530. The number of allylic oxidation sites excluding steroid dienone is 1. The first kappa shape index (κ1) is 20.0. The highest BCUT2D eigenvalue weighted by atomic mass is 16.3. The fraction of sp³-hybridized carbons (Fsp3) is 0.182. The van der Waals surface area contributed by atoms with E-state index < -0.39 is 22.7 Å². The van der Waals surface area contributed by atoms with Gasteiger partial charge in [0.05, 0.1) is 12.1 Å². The van der Waals surface area contributed by atoms with Crippen LogP contribution in [0.5, 0.6) is 5.75 Å². The van der Waals surface area contributed by atoms with Crippen molar-refractivity contribution in [2.24, 2.45) is 7.05 Å². The Hall–Kier alpha value is -3.74. The monoisotopic (exact) mass is 392 g/mol. The predicted octanol–water partition coefficient (Wildman–Crippen LogP) is 2.20. The molecule has 29 heavy (non-hydrogen) atoms. The van der Waals surface area contributed by atoms with Gasteiger partial charge in [-0.25, -0.2) is 0 Å². The third kappa shape index (κ3) is 3.80. The number of pyridine rings is 2. The Morgan fingerprint density at radius 2 is 1.79 bits per heavy atom. The van der Waals surface area contributed by atoms with Crippen molar-refractivity contribution in [1.29, 1.82) is 0 Å². The van der Waals surface area contributed by atoms with E-state index in [2.05, 4.69) is 0 Å². The topological polar surface area (TPSA) is 98.4 Å². The van der Waals surface area contributed by atoms with Crippen molar-refractivity contribution in [3.8, 4) is 5.75 Å². The standard InChI is InChI=1S/C22H20N2O5/c1-13-10-19(27)20(22(29)23(13)3)18(26)9-8-16-11-15-6-4-5-7-17(15)24(21(16)28)12-14(2)25/h4-11,27H,12H2,1-3H3. The molecule has 7 nitrogen and oxygen atoms in total. The van der Waals surface area contributed by atoms with Crippen LogP contribution in [-0.4, -0.2) is 25.8 Å². The van der Waals surface area contributed by atoms with Gasteiger partial charge in [0.15, 0.2) is 5.78 Å². The lowest BCUT2D eigenvalue weighted by Gasteiger charge is -2.10. The summed E-state index contributed by atoms with van der Waals surface area (Å²) in [6.07, 6.45) is 2.38. The summed E-state index contributed by atoms with van der Waals surface area (Å²) in [5.41, 5.74) is -0.0922. The number of hydrogen-bond acceptors (Lipinski definition) is 5. The van der Waals surface area contributed by atoms with E-state index in [1.54, 1.807) is 37.3 Å². The highest BCUT2D eigenvalue weighted by Crippen LogP contribution is 2.17. The van der Waals surface area contributed by atoms with Gasteiger partial charge >= 0.3 is 0 Å². The number of carbonyl (C=O) groups is 2. The molecule has 2 heterocycles. The second-order valence-electron chi connectivity index (χ2n) is 6.86. The van der Waals surface area contributed by atoms with Crippen LogP contribution in [0.1, 0.15) is 28.5 Å². The Labute approximate surface area is 166 Å². The van der Waals surface area contributed by atoms with Gasteiger partial charge in [0.25, 0.3) is 11.1 Å². The van der Waals surface area contributed by atoms with Crippen molar-refractivity contribution in [2.75, 3.05) is 0 Å². The molecular formula is C22H20N2O5. The Morgan fingerprint density at radius 3 is 2.48 bits per heavy atom. The molecule has 1 aromatic carbocycles. The maximum atomic E-state index is 12.8. The molecule has 0 atom stereocenters. The van der Waals surface area contributed by atoms with Gasteiger partial charge in [-0.3, -0.25) is 19.2 Å². The maximum Gasteiger partial charge on any atom is 0.265 e. The van der Waals surface area contributed by atoms with E-state index in [4.69, 9.17) is 0 Å². The third-order valence-corrected chi connectivity index (χ3v) is 4.72. The van der Waals surface area contributed by atoms with Crippen LogP contribution in [0.4, 0.5) is 0 Å². The summed E-state index contributed by atoms with van der Waals surface area (Å²) in [6.45, 7) is 2.94. The molecule has 7 heteroatoms. The second-order valence-corrected chi connectivity index (χ2v) is 6.86. The largest absolute Gasteiger partial charge is 0.507 e. The van der Waals surface area contributed by atoms with E-state index in [-0.39, 0.29) is 23.5 Å². The Morgan fingerprint density at radius 1 is 1.10 bits per heavy atom. The van der Waals surface area contributed by atoms with Gasteiger partial charge in [-0.15, -0.1) is 0 Å². The zero-order valence-electron chi connectivity index (χ0n) is 16.3. The molecule has 148 valence electrons. The minimum Gasteiger partial charge on any atom is -0.507 e. The summed E-state index contributed by atoms with van der Waals surface area (Å²) in [6, 6.07) is 10.1. The number of hydrogen-bond donors (Lipinski definition) is 1. The van der Waals surface area contributed by atoms with Gasteiger partial charge in [-0.1, -0.05) is 18.2 Å². The number of Topliss-reactive ketones (excluding diaryl/α,β-unsaturated/α-hetero) is 1. The molecule has 0 fully saturated rings. The molecule has 0 aliphatic carbocycles. The highest BCUT2D eigenvalue weighted by molar-refractivity contribution is 6.08. The lowest BCUT2D eigenvalue weighted by Crippen LogP contribution is -2.26. The van der Waals surface area contributed by atoms with Gasteiger partial charge in [-0.05, 0) is 43.5 Å². The molecule has 0 bridgehead atoms. The molecule has 0 saturated heterocycles. The number of aryl methyl sites for hydroxylation is 1. The molecule has 0 radical (unpaired) electrons. The smallest absolute Gasteiger partial charge is 0.265 e. The van der Waals surface area contributed by atoms with E-state index in [0.29, 0.717) is 11.2 Å². The molecule has 0 saturated carbocycles. The number of rotatable bonds is 5. The van der Waals surface area contributed by atoms with Crippen LogP contribution in [0, 0.1) is 6.92 Å². The van der Waals surface area contributed by atoms with Gasteiger partial charge in [0, 0.05) is 24.4 Å². The number of benzene rings is 1. The molecule has 0 amide bonds. The summed E-state index contributed by atoms with van der Waals surface area (Å²) >= 11 is 0. The number of para-hydroxylation sites is 1. The average molecular weight is 392 g/mol. The lowest BCUT2D eigenvalue weighted by molar-refractivity contribution is -0.117. The zero-order valence-corrected chi connectivity index (χ0v) is 16.3. The molecular weight excluding hydrogens is 372 g/mol. The zero-order chi connectivity index (χ0) is 21.3. The van der Waals surface area contributed by atoms with E-state index >= 15 is 0 Å². The summed E-state index contributed by atoms with van der Waals surface area (Å²) in [7, 11) is 1.50. The predicted molar refractivity (Wildman–Crippen MR) is 110 cm³/mol. The van der Waals surface area contributed by atoms with Crippen molar-refractivity contribution in [3.05, 3.63) is 80.0 Å². The lowest BCUT2D eigenvalue weighted by atomic mass is 10.1. The molecule has 0 aliphatic heterocycles. The molecule has 3 aromatic rings. The van der Waals surface area contributed by atoms with Crippen LogP contribution in [-0.2, 0) is 18.4 Å². The van der Waals surface area contributed by atoms with Gasteiger partial charge < -0.3 is 14.2 Å². The Bertz CT molecular complexity index is 1300. The van der Waals surface area contributed by atoms with Crippen LogP contribution < -0.4 is 11.1 Å². The Balaban J connectivity index is 2.10. The molecule has 0 spiro atoms. The summed E-state index contributed by atoms with van der Waals surface area (Å²) in [4.78, 5) is 49.3. The third-order valence-electron chi connectivity index (χ3n) is 4.72. The number of fused-ring (bicyclic) bond motifs is 1. The number of aromatic hydroxyl groups is 1. The van der Waals surface area contributed by atoms with Gasteiger partial charge in [-0.2, -0.15) is 0 Å². The molecule has 3 rings (SSSR count). The van der Waals surface area contributed by atoms with E-state index in [0.717, 1.165) is 11.5 Å². The number of ketones is 2. The van der Waals surface area contributed by atoms with Crippen LogP contribution in [0.2, 0.25) is 0 Å². The average Bonchev–Trinajstić information content (AvgIpc) is 2.67. The molecule has 1 N–H and O–H groups in total. The minimum atomic E-state index is -0.714. The first-order valence-electron chi connectivity index (χ1n) is 8.94. The van der Waals surface area contributed by atoms with Crippen molar-refractivity contribution in [3.63, 3.8) is 0 Å². The normalized spacial score (nSPS) is 11.3. The van der Waals surface area contributed by atoms with Crippen LogP contribution in [0.3, 0.4) is 0 Å². The van der Waals surface area contributed by atoms with Gasteiger partial charge in [0.2, 0.25) is 0 Å². The van der Waals surface area contributed by atoms with E-state index in [1.165, 1.54) is 35.2 Å². The first-order valence-corrected chi connectivity index (χ1v) is 8.94. The fourth-order valence-corrected chi connectivity index (χ4v) is 3.13. The highest BCUT2D eigenvalue weighted by Gasteiger charge is 2.17. The van der Waals surface area contributed by atoms with Crippen molar-refractivity contribution in [2.45, 2.75) is 20.4 Å². The fourth-order valence-electron chi connectivity index (χ4n) is 3.13. The summed E-state index contributed by atoms with van der Waals surface area (Å²) < 4.78 is 2.61. The molecule has 0 aliphatic rings. The van der Waals surface area contributed by atoms with Crippen LogP contribution >= 0.6 is 0 Å². The molecule has 2 aromatic heterocycles.